The molecule has 9 nitrogen and oxygen atoms in total. The molecule has 1 aromatic carbocycles. The van der Waals surface area contributed by atoms with E-state index in [0.717, 1.165) is 38.2 Å². The van der Waals surface area contributed by atoms with Crippen molar-refractivity contribution in [1.82, 2.24) is 25.1 Å². The Balaban J connectivity index is 1.15. The Kier molecular flexibility index (Phi) is 4.95. The number of nitrogens with one attached hydrogen (secondary N) is 4. The van der Waals surface area contributed by atoms with Crippen LogP contribution in [0, 0.1) is 0 Å². The molecule has 4 heterocycles. The number of H-pyrrole nitrogens is 1. The van der Waals surface area contributed by atoms with Gasteiger partial charge in [0.2, 0.25) is 0 Å². The fraction of sp³-hybridized carbons (Fsp3) is 0.105. The Morgan fingerprint density at radius 1 is 1.10 bits per heavy atom. The summed E-state index contributed by atoms with van der Waals surface area (Å²) in [5.41, 5.74) is 2.48. The van der Waals surface area contributed by atoms with E-state index in [1.165, 1.54) is 11.3 Å². The molecule has 2 amide bonds. The van der Waals surface area contributed by atoms with Crippen molar-refractivity contribution < 1.29 is 4.79 Å². The van der Waals surface area contributed by atoms with Gasteiger partial charge in [-0.15, -0.1) is 22.7 Å². The van der Waals surface area contributed by atoms with Crippen LogP contribution in [-0.4, -0.2) is 37.7 Å². The molecule has 0 unspecified atom stereocenters. The standard InChI is InChI=1S/C19H16N8OS2/c28-18(25-12-2-1-11-8-24-27-15(11)7-12)26-19-21-9-13(30-19)3-5-20-17-16-14(4-6-29-16)22-10-23-17/h1-2,4,6-10H,3,5H2,(H,24,27)(H,20,22,23)(H2,21,25,26,28). The summed E-state index contributed by atoms with van der Waals surface area (Å²) < 4.78 is 1.05. The number of thiophene rings is 1. The summed E-state index contributed by atoms with van der Waals surface area (Å²) in [7, 11) is 0. The molecule has 0 bridgehead atoms. The molecule has 0 radical (unpaired) electrons. The highest BCUT2D eigenvalue weighted by Crippen LogP contribution is 2.25. The number of aromatic nitrogens is 5. The lowest BCUT2D eigenvalue weighted by molar-refractivity contribution is 0.262. The minimum Gasteiger partial charge on any atom is -0.368 e. The highest BCUT2D eigenvalue weighted by atomic mass is 32.1. The summed E-state index contributed by atoms with van der Waals surface area (Å²) in [4.78, 5) is 26.2. The van der Waals surface area contributed by atoms with E-state index in [1.807, 2.05) is 29.6 Å². The first kappa shape index (κ1) is 18.5. The van der Waals surface area contributed by atoms with Crippen molar-refractivity contribution >= 4 is 66.5 Å². The summed E-state index contributed by atoms with van der Waals surface area (Å²) in [6.07, 6.45) is 5.85. The molecular formula is C19H16N8OS2. The van der Waals surface area contributed by atoms with E-state index in [2.05, 4.69) is 41.1 Å². The number of anilines is 3. The van der Waals surface area contributed by atoms with Crippen LogP contribution in [-0.2, 0) is 6.42 Å². The van der Waals surface area contributed by atoms with Crippen LogP contribution in [0.25, 0.3) is 21.1 Å². The Hall–Kier alpha value is -3.57. The number of aromatic amines is 1. The normalized spacial score (nSPS) is 11.1. The third-order valence-electron chi connectivity index (χ3n) is 4.38. The van der Waals surface area contributed by atoms with E-state index in [1.54, 1.807) is 30.1 Å². The lowest BCUT2D eigenvalue weighted by Gasteiger charge is -2.05. The molecule has 5 aromatic rings. The van der Waals surface area contributed by atoms with Gasteiger partial charge in [0.05, 0.1) is 21.9 Å². The van der Waals surface area contributed by atoms with Crippen molar-refractivity contribution in [2.75, 3.05) is 22.5 Å². The van der Waals surface area contributed by atoms with Crippen molar-refractivity contribution in [2.45, 2.75) is 6.42 Å². The fourth-order valence-electron chi connectivity index (χ4n) is 2.97. The first-order valence-electron chi connectivity index (χ1n) is 9.12. The van der Waals surface area contributed by atoms with Gasteiger partial charge >= 0.3 is 6.03 Å². The van der Waals surface area contributed by atoms with E-state index < -0.39 is 0 Å². The van der Waals surface area contributed by atoms with Gasteiger partial charge in [-0.3, -0.25) is 10.4 Å². The zero-order chi connectivity index (χ0) is 20.3. The van der Waals surface area contributed by atoms with Gasteiger partial charge in [0.1, 0.15) is 12.1 Å². The van der Waals surface area contributed by atoms with Crippen LogP contribution in [0.15, 0.2) is 48.4 Å². The Labute approximate surface area is 178 Å². The zero-order valence-electron chi connectivity index (χ0n) is 15.5. The summed E-state index contributed by atoms with van der Waals surface area (Å²) in [6.45, 7) is 0.710. The van der Waals surface area contributed by atoms with Crippen molar-refractivity contribution in [3.63, 3.8) is 0 Å². The average Bonchev–Trinajstić information content (AvgIpc) is 3.48. The maximum atomic E-state index is 12.3. The number of benzene rings is 1. The second kappa shape index (κ2) is 8.05. The molecule has 150 valence electrons. The van der Waals surface area contributed by atoms with Gasteiger partial charge in [-0.25, -0.2) is 19.7 Å². The number of carbonyl (C=O) groups excluding carboxylic acids is 1. The molecule has 0 fully saturated rings. The minimum atomic E-state index is -0.339. The van der Waals surface area contributed by atoms with Crippen LogP contribution in [0.5, 0.6) is 0 Å². The Morgan fingerprint density at radius 2 is 2.07 bits per heavy atom. The number of hydrogen-bond donors (Lipinski definition) is 4. The quantitative estimate of drug-likeness (QED) is 0.315. The summed E-state index contributed by atoms with van der Waals surface area (Å²) in [5.74, 6) is 0.839. The lowest BCUT2D eigenvalue weighted by Crippen LogP contribution is -2.19. The monoisotopic (exact) mass is 436 g/mol. The molecule has 0 aliphatic carbocycles. The number of hydrogen-bond acceptors (Lipinski definition) is 8. The summed E-state index contributed by atoms with van der Waals surface area (Å²) >= 11 is 3.06. The van der Waals surface area contributed by atoms with E-state index in [0.29, 0.717) is 17.4 Å². The highest BCUT2D eigenvalue weighted by molar-refractivity contribution is 7.17. The van der Waals surface area contributed by atoms with E-state index in [-0.39, 0.29) is 6.03 Å². The zero-order valence-corrected chi connectivity index (χ0v) is 17.2. The number of carbonyl (C=O) groups is 1. The lowest BCUT2D eigenvalue weighted by atomic mass is 10.2. The second-order valence-electron chi connectivity index (χ2n) is 6.42. The topological polar surface area (TPSA) is 121 Å². The van der Waals surface area contributed by atoms with Gasteiger partial charge in [0.15, 0.2) is 5.13 Å². The third-order valence-corrected chi connectivity index (χ3v) is 6.26. The Bertz CT molecular complexity index is 1320. The molecule has 4 N–H and O–H groups in total. The minimum absolute atomic E-state index is 0.339. The molecule has 0 saturated heterocycles. The van der Waals surface area contributed by atoms with E-state index in [4.69, 9.17) is 0 Å². The average molecular weight is 437 g/mol. The summed E-state index contributed by atoms with van der Waals surface area (Å²) in [5, 5.41) is 19.3. The number of amides is 2. The van der Waals surface area contributed by atoms with Crippen LogP contribution in [0.2, 0.25) is 0 Å². The van der Waals surface area contributed by atoms with Gasteiger partial charge in [-0.1, -0.05) is 0 Å². The van der Waals surface area contributed by atoms with Crippen molar-refractivity contribution in [2.24, 2.45) is 0 Å². The van der Waals surface area contributed by atoms with Gasteiger partial charge in [-0.2, -0.15) is 5.10 Å². The van der Waals surface area contributed by atoms with Crippen LogP contribution in [0.4, 0.5) is 21.4 Å². The number of fused-ring (bicyclic) bond motifs is 2. The molecular weight excluding hydrogens is 420 g/mol. The van der Waals surface area contributed by atoms with Gasteiger partial charge in [0, 0.05) is 35.1 Å². The van der Waals surface area contributed by atoms with Crippen LogP contribution in [0.1, 0.15) is 4.88 Å². The van der Waals surface area contributed by atoms with E-state index >= 15 is 0 Å². The second-order valence-corrected chi connectivity index (χ2v) is 8.45. The molecule has 0 saturated carbocycles. The van der Waals surface area contributed by atoms with Crippen molar-refractivity contribution in [3.05, 3.63) is 53.2 Å². The van der Waals surface area contributed by atoms with Gasteiger partial charge in [-0.05, 0) is 29.6 Å². The highest BCUT2D eigenvalue weighted by Gasteiger charge is 2.09. The largest absolute Gasteiger partial charge is 0.368 e. The SMILES string of the molecule is O=C(Nc1ccc2cn[nH]c2c1)Nc1ncc(CCNc2ncnc3ccsc23)s1. The Morgan fingerprint density at radius 3 is 3.03 bits per heavy atom. The van der Waals surface area contributed by atoms with Crippen LogP contribution >= 0.6 is 22.7 Å². The summed E-state index contributed by atoms with van der Waals surface area (Å²) in [6, 6.07) is 7.19. The third kappa shape index (κ3) is 3.93. The number of nitrogens with zero attached hydrogens (tertiary/aromatic N) is 4. The van der Waals surface area contributed by atoms with Gasteiger partial charge in [0.25, 0.3) is 0 Å². The van der Waals surface area contributed by atoms with E-state index in [9.17, 15) is 4.79 Å². The van der Waals surface area contributed by atoms with Crippen molar-refractivity contribution in [3.8, 4) is 0 Å². The van der Waals surface area contributed by atoms with Gasteiger partial charge < -0.3 is 10.6 Å². The molecule has 0 aliphatic heterocycles. The fourth-order valence-corrected chi connectivity index (χ4v) is 4.59. The molecule has 11 heteroatoms. The number of urea groups is 1. The maximum Gasteiger partial charge on any atom is 0.325 e. The number of rotatable bonds is 6. The van der Waals surface area contributed by atoms with Crippen molar-refractivity contribution in [1.29, 1.82) is 0 Å². The molecule has 0 aliphatic rings. The molecule has 0 atom stereocenters. The first-order valence-corrected chi connectivity index (χ1v) is 10.8. The molecule has 30 heavy (non-hydrogen) atoms. The molecule has 5 rings (SSSR count). The smallest absolute Gasteiger partial charge is 0.325 e. The molecule has 0 spiro atoms. The maximum absolute atomic E-state index is 12.3. The molecule has 4 aromatic heterocycles. The predicted molar refractivity (Wildman–Crippen MR) is 120 cm³/mol. The predicted octanol–water partition coefficient (Wildman–Crippen LogP) is 4.32. The first-order chi connectivity index (χ1) is 14.7. The van der Waals surface area contributed by atoms with Crippen LogP contribution in [0.3, 0.4) is 0 Å². The number of thiazole rings is 1. The van der Waals surface area contributed by atoms with Crippen LogP contribution < -0.4 is 16.0 Å².